The molecule has 0 bridgehead atoms. The molecule has 2 aromatic carbocycles. The van der Waals surface area contributed by atoms with Crippen LogP contribution in [0.1, 0.15) is 47.1 Å². The normalized spacial score (nSPS) is 17.6. The second kappa shape index (κ2) is 8.58. The number of aromatic nitrogens is 1. The third-order valence-corrected chi connectivity index (χ3v) is 7.10. The first-order chi connectivity index (χ1) is 14.6. The standard InChI is InChI=1S/C23H20N2O4S.Li/c26-21-18(11-24-29)17(10-15-6-3-5-13-4-1-2-7-16(13)15)20(14-8-9-14)22-25(21)19(12-30-22)23(27)28;/h1-7,11,14,19,29H,8-10,12H2,(H,27,28);/q;+1/p-1/b24-11+;/t19-;/m0./s1. The summed E-state index contributed by atoms with van der Waals surface area (Å²) in [6.07, 6.45) is 3.66. The molecule has 1 aliphatic heterocycles. The van der Waals surface area contributed by atoms with Gasteiger partial charge in [-0.1, -0.05) is 47.6 Å². The smallest absolute Gasteiger partial charge is 0.548 e. The number of rotatable bonds is 5. The summed E-state index contributed by atoms with van der Waals surface area (Å²) in [4.78, 5) is 24.9. The second-order valence-electron chi connectivity index (χ2n) is 7.77. The van der Waals surface area contributed by atoms with Crippen molar-refractivity contribution in [2.45, 2.75) is 36.2 Å². The van der Waals surface area contributed by atoms with Crippen molar-refractivity contribution in [3.8, 4) is 0 Å². The number of fused-ring (bicyclic) bond motifs is 2. The van der Waals surface area contributed by atoms with Crippen LogP contribution in [-0.2, 0) is 11.2 Å². The van der Waals surface area contributed by atoms with Crippen LogP contribution in [0.15, 0.2) is 57.4 Å². The molecule has 1 fully saturated rings. The monoisotopic (exact) mass is 426 g/mol. The maximum absolute atomic E-state index is 13.3. The van der Waals surface area contributed by atoms with Gasteiger partial charge in [0, 0.05) is 5.75 Å². The maximum Gasteiger partial charge on any atom is 1.00 e. The van der Waals surface area contributed by atoms with Gasteiger partial charge in [-0.3, -0.25) is 9.36 Å². The first-order valence-electron chi connectivity index (χ1n) is 9.89. The molecule has 1 atom stereocenters. The molecule has 1 aliphatic carbocycles. The molecule has 1 aromatic heterocycles. The quantitative estimate of drug-likeness (QED) is 0.261. The van der Waals surface area contributed by atoms with Crippen molar-refractivity contribution >= 4 is 34.7 Å². The number of hydrogen-bond donors (Lipinski definition) is 1. The number of pyridine rings is 1. The van der Waals surface area contributed by atoms with Crippen molar-refractivity contribution in [3.63, 3.8) is 0 Å². The maximum atomic E-state index is 13.3. The van der Waals surface area contributed by atoms with Gasteiger partial charge in [-0.2, -0.15) is 0 Å². The number of aliphatic carboxylic acids is 1. The predicted octanol–water partition coefficient (Wildman–Crippen LogP) is -0.321. The van der Waals surface area contributed by atoms with Crippen molar-refractivity contribution in [2.75, 3.05) is 5.75 Å². The molecule has 0 unspecified atom stereocenters. The first kappa shape index (κ1) is 21.8. The molecular formula is C23H19LiN2O4S. The Morgan fingerprint density at radius 1 is 1.23 bits per heavy atom. The predicted molar refractivity (Wildman–Crippen MR) is 114 cm³/mol. The molecule has 1 N–H and O–H groups in total. The number of carbonyl (C=O) groups excluding carboxylic acids is 1. The molecule has 8 heteroatoms. The molecule has 5 rings (SSSR count). The summed E-state index contributed by atoms with van der Waals surface area (Å²) >= 11 is 1.40. The molecule has 0 amide bonds. The van der Waals surface area contributed by atoms with Crippen LogP contribution in [-0.4, -0.2) is 27.7 Å². The van der Waals surface area contributed by atoms with Gasteiger partial charge in [0.1, 0.15) is 0 Å². The number of oxime groups is 1. The van der Waals surface area contributed by atoms with Crippen LogP contribution in [0, 0.1) is 0 Å². The summed E-state index contributed by atoms with van der Waals surface area (Å²) in [5.41, 5.74) is 2.73. The SMILES string of the molecule is O=C([O-])[C@@H]1CSc2c(C3CC3)c(Cc3cccc4ccccc34)c(/C=N/O)c(=O)n21.[Li+]. The summed E-state index contributed by atoms with van der Waals surface area (Å²) < 4.78 is 1.33. The van der Waals surface area contributed by atoms with E-state index in [0.29, 0.717) is 6.42 Å². The van der Waals surface area contributed by atoms with Gasteiger partial charge in [0.15, 0.2) is 0 Å². The van der Waals surface area contributed by atoms with E-state index < -0.39 is 17.6 Å². The van der Waals surface area contributed by atoms with E-state index in [-0.39, 0.29) is 36.1 Å². The third kappa shape index (κ3) is 3.71. The van der Waals surface area contributed by atoms with Crippen LogP contribution < -0.4 is 29.5 Å². The first-order valence-corrected chi connectivity index (χ1v) is 10.9. The van der Waals surface area contributed by atoms with Gasteiger partial charge in [0.25, 0.3) is 5.56 Å². The summed E-state index contributed by atoms with van der Waals surface area (Å²) in [7, 11) is 0. The van der Waals surface area contributed by atoms with E-state index in [1.54, 1.807) is 0 Å². The van der Waals surface area contributed by atoms with Crippen LogP contribution >= 0.6 is 11.8 Å². The molecule has 152 valence electrons. The van der Waals surface area contributed by atoms with Crippen molar-refractivity contribution in [3.05, 3.63) is 75.1 Å². The zero-order valence-corrected chi connectivity index (χ0v) is 17.9. The van der Waals surface area contributed by atoms with Crippen LogP contribution in [0.5, 0.6) is 0 Å². The van der Waals surface area contributed by atoms with E-state index in [2.05, 4.69) is 23.4 Å². The Morgan fingerprint density at radius 3 is 2.68 bits per heavy atom. The zero-order chi connectivity index (χ0) is 20.8. The van der Waals surface area contributed by atoms with Crippen molar-refractivity contribution < 1.29 is 34.0 Å². The topological polar surface area (TPSA) is 94.7 Å². The van der Waals surface area contributed by atoms with Crippen molar-refractivity contribution in [1.29, 1.82) is 0 Å². The van der Waals surface area contributed by atoms with Crippen molar-refractivity contribution in [2.24, 2.45) is 5.16 Å². The fourth-order valence-corrected chi connectivity index (χ4v) is 5.80. The van der Waals surface area contributed by atoms with Crippen LogP contribution in [0.3, 0.4) is 0 Å². The molecular weight excluding hydrogens is 407 g/mol. The average molecular weight is 426 g/mol. The third-order valence-electron chi connectivity index (χ3n) is 5.93. The molecule has 2 heterocycles. The summed E-state index contributed by atoms with van der Waals surface area (Å²) in [5, 5.41) is 27.0. The van der Waals surface area contributed by atoms with E-state index in [0.717, 1.165) is 51.5 Å². The summed E-state index contributed by atoms with van der Waals surface area (Å²) in [6.45, 7) is 0. The Morgan fingerprint density at radius 2 is 1.97 bits per heavy atom. The van der Waals surface area contributed by atoms with Gasteiger partial charge in [0.05, 0.1) is 28.8 Å². The van der Waals surface area contributed by atoms with Gasteiger partial charge in [0.2, 0.25) is 0 Å². The van der Waals surface area contributed by atoms with Crippen molar-refractivity contribution in [1.82, 2.24) is 4.57 Å². The number of carboxylic acid groups (broad SMARTS) is 1. The number of carbonyl (C=O) groups is 1. The number of thioether (sulfide) groups is 1. The van der Waals surface area contributed by atoms with Gasteiger partial charge in [-0.05, 0) is 52.6 Å². The number of benzene rings is 2. The molecule has 6 nitrogen and oxygen atoms in total. The molecule has 3 aromatic rings. The van der Waals surface area contributed by atoms with E-state index in [9.17, 15) is 19.9 Å². The van der Waals surface area contributed by atoms with E-state index in [1.165, 1.54) is 16.3 Å². The molecule has 31 heavy (non-hydrogen) atoms. The minimum atomic E-state index is -1.27. The minimum Gasteiger partial charge on any atom is -0.548 e. The van der Waals surface area contributed by atoms with Crippen LogP contribution in [0.25, 0.3) is 10.8 Å². The molecule has 0 radical (unpaired) electrons. The molecule has 0 spiro atoms. The molecule has 2 aliphatic rings. The molecule has 1 saturated carbocycles. The van der Waals surface area contributed by atoms with E-state index in [1.807, 2.05) is 24.3 Å². The van der Waals surface area contributed by atoms with E-state index in [4.69, 9.17) is 0 Å². The van der Waals surface area contributed by atoms with Gasteiger partial charge in [-0.15, -0.1) is 11.8 Å². The Hall–Kier alpha value is -2.46. The molecule has 0 saturated heterocycles. The fourth-order valence-electron chi connectivity index (χ4n) is 4.40. The second-order valence-corrected chi connectivity index (χ2v) is 8.77. The van der Waals surface area contributed by atoms with E-state index >= 15 is 0 Å². The van der Waals surface area contributed by atoms with Gasteiger partial charge < -0.3 is 15.1 Å². The Labute approximate surface area is 195 Å². The Kier molecular flexibility index (Phi) is 6.02. The van der Waals surface area contributed by atoms with Gasteiger partial charge >= 0.3 is 18.9 Å². The number of nitrogens with zero attached hydrogens (tertiary/aromatic N) is 2. The van der Waals surface area contributed by atoms with Gasteiger partial charge in [-0.25, -0.2) is 0 Å². The Balaban J connectivity index is 0.00000231. The van der Waals surface area contributed by atoms with Crippen LogP contribution in [0.4, 0.5) is 0 Å². The number of carboxylic acids is 1. The largest absolute Gasteiger partial charge is 1.00 e. The summed E-state index contributed by atoms with van der Waals surface area (Å²) in [6, 6.07) is 13.2. The fraction of sp³-hybridized carbons (Fsp3) is 0.261. The zero-order valence-electron chi connectivity index (χ0n) is 17.1. The van der Waals surface area contributed by atoms with Crippen LogP contribution in [0.2, 0.25) is 0 Å². The average Bonchev–Trinajstić information content (AvgIpc) is 3.48. The summed E-state index contributed by atoms with van der Waals surface area (Å²) in [5.74, 6) is -0.709. The number of hydrogen-bond acceptors (Lipinski definition) is 6. The Bertz CT molecular complexity index is 1260. The minimum absolute atomic E-state index is 0.